The molecule has 1 N–H and O–H groups in total. The van der Waals surface area contributed by atoms with Crippen LogP contribution in [0.25, 0.3) is 0 Å². The Balaban J connectivity index is 4.37. The zero-order chi connectivity index (χ0) is 13.3. The number of carbonyl (C=O) groups is 2. The smallest absolute Gasteiger partial charge is 0.323 e. The van der Waals surface area contributed by atoms with Gasteiger partial charge in [-0.1, -0.05) is 13.3 Å². The maximum absolute atomic E-state index is 11.7. The predicted octanol–water partition coefficient (Wildman–Crippen LogP) is 0.786. The Morgan fingerprint density at radius 2 is 1.94 bits per heavy atom. The first-order chi connectivity index (χ1) is 8.06. The molecule has 1 amide bonds. The fraction of sp³-hybridized carbons (Fsp3) is 0.833. The molecule has 1 atom stereocenters. The van der Waals surface area contributed by atoms with Gasteiger partial charge >= 0.3 is 5.97 Å². The number of hydrogen-bond acceptors (Lipinski definition) is 4. The van der Waals surface area contributed by atoms with E-state index in [0.717, 1.165) is 6.42 Å². The molecule has 100 valence electrons. The van der Waals surface area contributed by atoms with Crippen molar-refractivity contribution in [3.05, 3.63) is 0 Å². The molecule has 17 heavy (non-hydrogen) atoms. The fourth-order valence-corrected chi connectivity index (χ4v) is 1.62. The van der Waals surface area contributed by atoms with Gasteiger partial charge in [0.05, 0.1) is 13.2 Å². The first kappa shape index (κ1) is 15.9. The summed E-state index contributed by atoms with van der Waals surface area (Å²) in [4.78, 5) is 24.9. The third-order valence-corrected chi connectivity index (χ3v) is 2.42. The minimum absolute atomic E-state index is 0.0691. The number of amides is 1. The van der Waals surface area contributed by atoms with Gasteiger partial charge in [-0.2, -0.15) is 0 Å². The molecule has 0 fully saturated rings. The van der Waals surface area contributed by atoms with E-state index in [4.69, 9.17) is 4.74 Å². The summed E-state index contributed by atoms with van der Waals surface area (Å²) in [5.74, 6) is -0.318. The molecule has 0 aliphatic rings. The highest BCUT2D eigenvalue weighted by Crippen LogP contribution is 2.07. The molecule has 0 aromatic carbocycles. The van der Waals surface area contributed by atoms with Crippen LogP contribution in [0, 0.1) is 0 Å². The van der Waals surface area contributed by atoms with Crippen LogP contribution in [0.2, 0.25) is 0 Å². The zero-order valence-electron chi connectivity index (χ0n) is 11.3. The maximum Gasteiger partial charge on any atom is 0.323 e. The molecule has 0 spiro atoms. The van der Waals surface area contributed by atoms with Crippen LogP contribution in [0.5, 0.6) is 0 Å². The Morgan fingerprint density at radius 1 is 1.29 bits per heavy atom. The lowest BCUT2D eigenvalue weighted by atomic mass is 10.1. The van der Waals surface area contributed by atoms with Crippen LogP contribution in [-0.4, -0.2) is 49.6 Å². The first-order valence-corrected chi connectivity index (χ1v) is 6.20. The second-order valence-corrected chi connectivity index (χ2v) is 3.93. The number of nitrogens with zero attached hydrogens (tertiary/aromatic N) is 1. The molecule has 0 aromatic rings. The third kappa shape index (κ3) is 6.26. The summed E-state index contributed by atoms with van der Waals surface area (Å²) < 4.78 is 5.01. The van der Waals surface area contributed by atoms with Gasteiger partial charge in [-0.25, -0.2) is 0 Å². The van der Waals surface area contributed by atoms with Crippen molar-refractivity contribution in [3.8, 4) is 0 Å². The van der Waals surface area contributed by atoms with Gasteiger partial charge < -0.3 is 10.1 Å². The van der Waals surface area contributed by atoms with E-state index in [9.17, 15) is 9.59 Å². The molecule has 5 nitrogen and oxygen atoms in total. The van der Waals surface area contributed by atoms with Gasteiger partial charge in [-0.15, -0.1) is 0 Å². The lowest BCUT2D eigenvalue weighted by Gasteiger charge is -2.25. The van der Waals surface area contributed by atoms with Gasteiger partial charge in [0, 0.05) is 6.54 Å². The largest absolute Gasteiger partial charge is 0.465 e. The number of hydrogen-bond donors (Lipinski definition) is 1. The van der Waals surface area contributed by atoms with Crippen molar-refractivity contribution < 1.29 is 14.3 Å². The lowest BCUT2D eigenvalue weighted by molar-refractivity contribution is -0.149. The molecule has 0 aliphatic carbocycles. The molecule has 0 aliphatic heterocycles. The Morgan fingerprint density at radius 3 is 2.41 bits per heavy atom. The van der Waals surface area contributed by atoms with E-state index in [1.165, 1.54) is 0 Å². The minimum atomic E-state index is -0.331. The summed E-state index contributed by atoms with van der Waals surface area (Å²) in [6.45, 7) is 6.85. The quantitative estimate of drug-likeness (QED) is 0.641. The van der Waals surface area contributed by atoms with Crippen LogP contribution in [0.3, 0.4) is 0 Å². The molecular weight excluding hydrogens is 220 g/mol. The van der Waals surface area contributed by atoms with E-state index in [1.807, 2.05) is 13.8 Å². The fourth-order valence-electron chi connectivity index (χ4n) is 1.62. The number of nitrogens with one attached hydrogen (secondary N) is 1. The highest BCUT2D eigenvalue weighted by atomic mass is 16.5. The second kappa shape index (κ2) is 8.98. The van der Waals surface area contributed by atoms with Gasteiger partial charge in [0.1, 0.15) is 6.04 Å². The molecule has 0 saturated heterocycles. The van der Waals surface area contributed by atoms with Gasteiger partial charge in [0.15, 0.2) is 0 Å². The molecule has 0 saturated carbocycles. The van der Waals surface area contributed by atoms with Gasteiger partial charge in [-0.05, 0) is 27.3 Å². The van der Waals surface area contributed by atoms with Crippen molar-refractivity contribution in [3.63, 3.8) is 0 Å². The summed E-state index contributed by atoms with van der Waals surface area (Å²) >= 11 is 0. The average Bonchev–Trinajstić information content (AvgIpc) is 2.26. The van der Waals surface area contributed by atoms with Crippen LogP contribution in [-0.2, 0) is 14.3 Å². The van der Waals surface area contributed by atoms with Crippen molar-refractivity contribution in [1.82, 2.24) is 10.2 Å². The van der Waals surface area contributed by atoms with E-state index >= 15 is 0 Å². The number of esters is 1. The summed E-state index contributed by atoms with van der Waals surface area (Å²) in [5.41, 5.74) is 0. The predicted molar refractivity (Wildman–Crippen MR) is 66.6 cm³/mol. The van der Waals surface area contributed by atoms with E-state index in [1.54, 1.807) is 18.9 Å². The van der Waals surface area contributed by atoms with Crippen LogP contribution in [0.15, 0.2) is 0 Å². The van der Waals surface area contributed by atoms with E-state index < -0.39 is 0 Å². The van der Waals surface area contributed by atoms with Crippen molar-refractivity contribution >= 4 is 11.9 Å². The van der Waals surface area contributed by atoms with Crippen molar-refractivity contribution in [2.75, 3.05) is 26.7 Å². The SMILES string of the molecule is CCCC(C(=O)OCC)N(C)CC(=O)NCC. The standard InChI is InChI=1S/C12H24N2O3/c1-5-8-10(12(16)17-7-3)14(4)9-11(15)13-6-2/h10H,5-9H2,1-4H3,(H,13,15). The van der Waals surface area contributed by atoms with Gasteiger partial charge in [0.2, 0.25) is 5.91 Å². The highest BCUT2D eigenvalue weighted by molar-refractivity contribution is 5.80. The molecule has 0 bridgehead atoms. The summed E-state index contributed by atoms with van der Waals surface area (Å²) in [5, 5.41) is 2.71. The summed E-state index contributed by atoms with van der Waals surface area (Å²) in [6.07, 6.45) is 1.58. The highest BCUT2D eigenvalue weighted by Gasteiger charge is 2.24. The van der Waals surface area contributed by atoms with E-state index in [0.29, 0.717) is 19.6 Å². The minimum Gasteiger partial charge on any atom is -0.465 e. The number of ether oxygens (including phenoxy) is 1. The Labute approximate surface area is 103 Å². The molecule has 0 aromatic heterocycles. The normalized spacial score (nSPS) is 12.3. The van der Waals surface area contributed by atoms with Crippen LogP contribution in [0.1, 0.15) is 33.6 Å². The van der Waals surface area contributed by atoms with Crippen molar-refractivity contribution in [2.45, 2.75) is 39.7 Å². The maximum atomic E-state index is 11.7. The number of rotatable bonds is 8. The van der Waals surface area contributed by atoms with Crippen molar-refractivity contribution in [1.29, 1.82) is 0 Å². The molecule has 0 rings (SSSR count). The Hall–Kier alpha value is -1.10. The summed E-state index contributed by atoms with van der Waals surface area (Å²) in [7, 11) is 1.77. The molecule has 1 unspecified atom stereocenters. The number of carbonyl (C=O) groups excluding carboxylic acids is 2. The molecule has 0 heterocycles. The number of likely N-dealkylation sites (N-methyl/N-ethyl adjacent to an activating group) is 2. The third-order valence-electron chi connectivity index (χ3n) is 2.42. The van der Waals surface area contributed by atoms with Crippen LogP contribution >= 0.6 is 0 Å². The van der Waals surface area contributed by atoms with E-state index in [2.05, 4.69) is 5.32 Å². The Kier molecular flexibility index (Phi) is 8.40. The zero-order valence-corrected chi connectivity index (χ0v) is 11.3. The van der Waals surface area contributed by atoms with Crippen LogP contribution < -0.4 is 5.32 Å². The van der Waals surface area contributed by atoms with Gasteiger partial charge in [0.25, 0.3) is 0 Å². The molecule has 0 radical (unpaired) electrons. The lowest BCUT2D eigenvalue weighted by Crippen LogP contribution is -2.45. The van der Waals surface area contributed by atoms with Crippen LogP contribution in [0.4, 0.5) is 0 Å². The van der Waals surface area contributed by atoms with Gasteiger partial charge in [-0.3, -0.25) is 14.5 Å². The first-order valence-electron chi connectivity index (χ1n) is 6.20. The van der Waals surface area contributed by atoms with Crippen molar-refractivity contribution in [2.24, 2.45) is 0 Å². The van der Waals surface area contributed by atoms with E-state index in [-0.39, 0.29) is 24.5 Å². The second-order valence-electron chi connectivity index (χ2n) is 3.93. The topological polar surface area (TPSA) is 58.6 Å². The Bertz CT molecular complexity index is 244. The molecule has 5 heteroatoms. The molecular formula is C12H24N2O3. The monoisotopic (exact) mass is 244 g/mol. The summed E-state index contributed by atoms with van der Waals surface area (Å²) in [6, 6.07) is -0.331. The average molecular weight is 244 g/mol.